The van der Waals surface area contributed by atoms with Crippen molar-refractivity contribution in [2.75, 3.05) is 13.1 Å². The van der Waals surface area contributed by atoms with Crippen molar-refractivity contribution in [2.24, 2.45) is 5.92 Å². The molecule has 1 aliphatic rings. The van der Waals surface area contributed by atoms with Crippen LogP contribution in [0.25, 0.3) is 0 Å². The Morgan fingerprint density at radius 2 is 1.92 bits per heavy atom. The molecule has 0 atom stereocenters. The topological polar surface area (TPSA) is 20.3 Å². The highest BCUT2D eigenvalue weighted by Gasteiger charge is 2.07. The molecule has 0 amide bonds. The third kappa shape index (κ3) is 2.68. The van der Waals surface area contributed by atoms with E-state index >= 15 is 0 Å². The fourth-order valence-electron chi connectivity index (χ4n) is 1.26. The Hall–Kier alpha value is -0.790. The first-order chi connectivity index (χ1) is 5.70. The molecular weight excluding hydrogens is 150 g/mol. The second-order valence-electron chi connectivity index (χ2n) is 3.62. The average molecular weight is 167 g/mol. The first kappa shape index (κ1) is 9.30. The van der Waals surface area contributed by atoms with E-state index in [0.717, 1.165) is 13.1 Å². The minimum atomic E-state index is 0.129. The quantitative estimate of drug-likeness (QED) is 0.598. The number of allylic oxidation sites excluding steroid dienone is 1. The Bertz CT molecular complexity index is 178. The van der Waals surface area contributed by atoms with Crippen LogP contribution in [-0.4, -0.2) is 23.8 Å². The molecule has 0 unspecified atom stereocenters. The largest absolute Gasteiger partial charge is 0.377 e. The van der Waals surface area contributed by atoms with Crippen molar-refractivity contribution in [3.05, 3.63) is 12.3 Å². The lowest BCUT2D eigenvalue weighted by molar-refractivity contribution is -0.117. The maximum Gasteiger partial charge on any atom is 0.159 e. The highest BCUT2D eigenvalue weighted by Crippen LogP contribution is 2.07. The van der Waals surface area contributed by atoms with Crippen molar-refractivity contribution in [1.29, 1.82) is 0 Å². The third-order valence-corrected chi connectivity index (χ3v) is 2.16. The van der Waals surface area contributed by atoms with Crippen LogP contribution in [0.15, 0.2) is 12.3 Å². The minimum absolute atomic E-state index is 0.129. The van der Waals surface area contributed by atoms with Crippen LogP contribution in [0.1, 0.15) is 26.7 Å². The van der Waals surface area contributed by atoms with Gasteiger partial charge in [-0.25, -0.2) is 0 Å². The molecule has 0 aromatic carbocycles. The maximum atomic E-state index is 11.2. The Balaban J connectivity index is 2.33. The van der Waals surface area contributed by atoms with Crippen LogP contribution >= 0.6 is 0 Å². The standard InChI is InChI=1S/C10H17NO/c1-9(2)10(12)5-8-11-6-3-4-7-11/h5,8-9H,3-4,6-7H2,1-2H3/b8-5-. The Morgan fingerprint density at radius 3 is 2.42 bits per heavy atom. The van der Waals surface area contributed by atoms with Gasteiger partial charge < -0.3 is 4.90 Å². The molecule has 2 heteroatoms. The molecule has 1 aliphatic heterocycles. The molecule has 0 bridgehead atoms. The molecule has 1 heterocycles. The number of carbonyl (C=O) groups is 1. The molecule has 0 spiro atoms. The van der Waals surface area contributed by atoms with Crippen LogP contribution in [0.2, 0.25) is 0 Å². The summed E-state index contributed by atoms with van der Waals surface area (Å²) in [6, 6.07) is 0. The SMILES string of the molecule is CC(C)C(=O)/C=C\N1CCCC1. The van der Waals surface area contributed by atoms with Gasteiger partial charge >= 0.3 is 0 Å². The van der Waals surface area contributed by atoms with E-state index in [1.807, 2.05) is 20.0 Å². The molecule has 1 saturated heterocycles. The maximum absolute atomic E-state index is 11.2. The molecule has 12 heavy (non-hydrogen) atoms. The van der Waals surface area contributed by atoms with Crippen molar-refractivity contribution in [3.63, 3.8) is 0 Å². The van der Waals surface area contributed by atoms with Crippen molar-refractivity contribution in [2.45, 2.75) is 26.7 Å². The fourth-order valence-corrected chi connectivity index (χ4v) is 1.26. The summed E-state index contributed by atoms with van der Waals surface area (Å²) >= 11 is 0. The van der Waals surface area contributed by atoms with Crippen LogP contribution in [-0.2, 0) is 4.79 Å². The molecule has 0 aromatic heterocycles. The summed E-state index contributed by atoms with van der Waals surface area (Å²) in [6.45, 7) is 6.08. The summed E-state index contributed by atoms with van der Waals surface area (Å²) < 4.78 is 0. The summed E-state index contributed by atoms with van der Waals surface area (Å²) in [7, 11) is 0. The van der Waals surface area contributed by atoms with E-state index in [9.17, 15) is 4.79 Å². The summed E-state index contributed by atoms with van der Waals surface area (Å²) in [5, 5.41) is 0. The molecule has 1 fully saturated rings. The second-order valence-corrected chi connectivity index (χ2v) is 3.62. The van der Waals surface area contributed by atoms with E-state index in [4.69, 9.17) is 0 Å². The van der Waals surface area contributed by atoms with Gasteiger partial charge in [-0.15, -0.1) is 0 Å². The van der Waals surface area contributed by atoms with E-state index < -0.39 is 0 Å². The molecule has 0 N–H and O–H groups in total. The molecular formula is C10H17NO. The van der Waals surface area contributed by atoms with Crippen LogP contribution in [0.3, 0.4) is 0 Å². The highest BCUT2D eigenvalue weighted by atomic mass is 16.1. The van der Waals surface area contributed by atoms with Crippen molar-refractivity contribution in [3.8, 4) is 0 Å². The Labute approximate surface area is 74.2 Å². The normalized spacial score (nSPS) is 18.1. The summed E-state index contributed by atoms with van der Waals surface area (Å²) in [4.78, 5) is 13.4. The van der Waals surface area contributed by atoms with Crippen LogP contribution < -0.4 is 0 Å². The zero-order valence-electron chi connectivity index (χ0n) is 7.92. The van der Waals surface area contributed by atoms with E-state index in [2.05, 4.69) is 4.90 Å². The summed E-state index contributed by atoms with van der Waals surface area (Å²) in [5.41, 5.74) is 0. The predicted molar refractivity (Wildman–Crippen MR) is 49.8 cm³/mol. The number of likely N-dealkylation sites (tertiary alicyclic amines) is 1. The number of hydrogen-bond donors (Lipinski definition) is 0. The number of rotatable bonds is 3. The van der Waals surface area contributed by atoms with Crippen molar-refractivity contribution in [1.82, 2.24) is 4.90 Å². The monoisotopic (exact) mass is 167 g/mol. The van der Waals surface area contributed by atoms with Crippen molar-refractivity contribution < 1.29 is 4.79 Å². The zero-order chi connectivity index (χ0) is 8.97. The van der Waals surface area contributed by atoms with E-state index in [1.54, 1.807) is 6.08 Å². The average Bonchev–Trinajstić information content (AvgIpc) is 2.51. The first-order valence-corrected chi connectivity index (χ1v) is 4.66. The summed E-state index contributed by atoms with van der Waals surface area (Å²) in [6.07, 6.45) is 6.17. The van der Waals surface area contributed by atoms with Gasteiger partial charge in [0.25, 0.3) is 0 Å². The van der Waals surface area contributed by atoms with Crippen LogP contribution in [0, 0.1) is 5.92 Å². The lowest BCUT2D eigenvalue weighted by Crippen LogP contribution is -2.12. The smallest absolute Gasteiger partial charge is 0.159 e. The lowest BCUT2D eigenvalue weighted by atomic mass is 10.1. The predicted octanol–water partition coefficient (Wildman–Crippen LogP) is 1.82. The first-order valence-electron chi connectivity index (χ1n) is 4.66. The van der Waals surface area contributed by atoms with Gasteiger partial charge in [0.15, 0.2) is 5.78 Å². The molecule has 1 rings (SSSR count). The Kier molecular flexibility index (Phi) is 3.32. The number of hydrogen-bond acceptors (Lipinski definition) is 2. The number of carbonyl (C=O) groups excluding carboxylic acids is 1. The second kappa shape index (κ2) is 4.29. The van der Waals surface area contributed by atoms with Gasteiger partial charge in [-0.2, -0.15) is 0 Å². The highest BCUT2D eigenvalue weighted by molar-refractivity contribution is 5.91. The van der Waals surface area contributed by atoms with Gasteiger partial charge in [-0.3, -0.25) is 4.79 Å². The minimum Gasteiger partial charge on any atom is -0.377 e. The van der Waals surface area contributed by atoms with E-state index in [0.29, 0.717) is 0 Å². The van der Waals surface area contributed by atoms with Gasteiger partial charge in [0.1, 0.15) is 0 Å². The van der Waals surface area contributed by atoms with Gasteiger partial charge in [0.05, 0.1) is 0 Å². The molecule has 68 valence electrons. The molecule has 0 radical (unpaired) electrons. The molecule has 0 aliphatic carbocycles. The van der Waals surface area contributed by atoms with Gasteiger partial charge in [0.2, 0.25) is 0 Å². The molecule has 2 nitrogen and oxygen atoms in total. The van der Waals surface area contributed by atoms with E-state index in [-0.39, 0.29) is 11.7 Å². The number of ketones is 1. The molecule has 0 saturated carbocycles. The van der Waals surface area contributed by atoms with Gasteiger partial charge in [-0.05, 0) is 18.9 Å². The molecule has 0 aromatic rings. The van der Waals surface area contributed by atoms with Crippen molar-refractivity contribution >= 4 is 5.78 Å². The fraction of sp³-hybridized carbons (Fsp3) is 0.700. The van der Waals surface area contributed by atoms with Gasteiger partial charge in [-0.1, -0.05) is 13.8 Å². The van der Waals surface area contributed by atoms with E-state index in [1.165, 1.54) is 12.8 Å². The Morgan fingerprint density at radius 1 is 1.33 bits per heavy atom. The lowest BCUT2D eigenvalue weighted by Gasteiger charge is -2.09. The third-order valence-electron chi connectivity index (χ3n) is 2.16. The number of nitrogens with zero attached hydrogens (tertiary/aromatic N) is 1. The summed E-state index contributed by atoms with van der Waals surface area (Å²) in [5.74, 6) is 0.353. The van der Waals surface area contributed by atoms with Crippen LogP contribution in [0.5, 0.6) is 0 Å². The van der Waals surface area contributed by atoms with Crippen LogP contribution in [0.4, 0.5) is 0 Å². The zero-order valence-corrected chi connectivity index (χ0v) is 7.92. The van der Waals surface area contributed by atoms with Gasteiger partial charge in [0, 0.05) is 25.2 Å².